The second-order valence-electron chi connectivity index (χ2n) is 5.41. The normalized spacial score (nSPS) is 13.6. The quantitative estimate of drug-likeness (QED) is 0.738. The van der Waals surface area contributed by atoms with E-state index in [0.29, 0.717) is 0 Å². The van der Waals surface area contributed by atoms with Crippen LogP contribution in [0.1, 0.15) is 34.6 Å². The Kier molecular flexibility index (Phi) is 4.53. The van der Waals surface area contributed by atoms with E-state index < -0.39 is 20.1 Å². The van der Waals surface area contributed by atoms with Crippen LogP contribution in [0.2, 0.25) is 0 Å². The Morgan fingerprint density at radius 3 is 1.94 bits per heavy atom. The molecule has 6 heteroatoms. The van der Waals surface area contributed by atoms with Crippen LogP contribution in [-0.4, -0.2) is 36.9 Å². The second-order valence-corrected chi connectivity index (χ2v) is 8.27. The van der Waals surface area contributed by atoms with Crippen LogP contribution in [-0.2, 0) is 14.6 Å². The molecule has 5 nitrogen and oxygen atoms in total. The monoisotopic (exact) mass is 250 g/mol. The van der Waals surface area contributed by atoms with Crippen LogP contribution < -0.4 is 11.1 Å². The molecule has 0 saturated heterocycles. The van der Waals surface area contributed by atoms with Gasteiger partial charge in [0.15, 0.2) is 9.84 Å². The van der Waals surface area contributed by atoms with Gasteiger partial charge in [-0.25, -0.2) is 8.42 Å². The number of rotatable bonds is 4. The van der Waals surface area contributed by atoms with Gasteiger partial charge in [0.2, 0.25) is 5.91 Å². The number of sulfone groups is 1. The van der Waals surface area contributed by atoms with Gasteiger partial charge in [-0.3, -0.25) is 4.79 Å². The summed E-state index contributed by atoms with van der Waals surface area (Å²) in [6, 6.07) is 0. The van der Waals surface area contributed by atoms with Crippen LogP contribution in [0.5, 0.6) is 0 Å². The van der Waals surface area contributed by atoms with Gasteiger partial charge in [-0.1, -0.05) is 0 Å². The third kappa shape index (κ3) is 4.49. The van der Waals surface area contributed by atoms with Crippen LogP contribution in [0.4, 0.5) is 0 Å². The Hall–Kier alpha value is -0.620. The first-order valence-corrected chi connectivity index (χ1v) is 6.82. The van der Waals surface area contributed by atoms with Gasteiger partial charge in [0.25, 0.3) is 0 Å². The molecule has 0 aromatic heterocycles. The van der Waals surface area contributed by atoms with Crippen molar-refractivity contribution < 1.29 is 13.2 Å². The summed E-state index contributed by atoms with van der Waals surface area (Å²) in [4.78, 5) is 11.4. The van der Waals surface area contributed by atoms with Crippen molar-refractivity contribution in [1.29, 1.82) is 0 Å². The number of carbonyl (C=O) groups is 1. The zero-order valence-electron chi connectivity index (χ0n) is 10.6. The third-order valence-corrected chi connectivity index (χ3v) is 4.78. The number of hydrogen-bond donors (Lipinski definition) is 2. The number of hydrogen-bond acceptors (Lipinski definition) is 4. The molecule has 0 aliphatic carbocycles. The lowest BCUT2D eigenvalue weighted by molar-refractivity contribution is -0.125. The van der Waals surface area contributed by atoms with E-state index in [1.165, 1.54) is 0 Å². The largest absolute Gasteiger partial charge is 0.354 e. The Bertz CT molecular complexity index is 347. The molecule has 3 N–H and O–H groups in total. The van der Waals surface area contributed by atoms with Crippen molar-refractivity contribution in [2.45, 2.75) is 44.9 Å². The minimum absolute atomic E-state index is 0.0711. The molecule has 0 aliphatic rings. The van der Waals surface area contributed by atoms with Gasteiger partial charge in [0.05, 0.1) is 16.0 Å². The van der Waals surface area contributed by atoms with E-state index in [1.54, 1.807) is 34.6 Å². The average molecular weight is 250 g/mol. The van der Waals surface area contributed by atoms with E-state index in [0.717, 1.165) is 0 Å². The van der Waals surface area contributed by atoms with Crippen LogP contribution in [0.25, 0.3) is 0 Å². The molecule has 0 unspecified atom stereocenters. The van der Waals surface area contributed by atoms with Gasteiger partial charge in [0.1, 0.15) is 0 Å². The predicted molar refractivity (Wildman–Crippen MR) is 64.8 cm³/mol. The number of carbonyl (C=O) groups excluding carboxylic acids is 1. The molecule has 0 radical (unpaired) electrons. The van der Waals surface area contributed by atoms with Gasteiger partial charge in [0, 0.05) is 6.54 Å². The van der Waals surface area contributed by atoms with E-state index in [9.17, 15) is 13.2 Å². The molecule has 96 valence electrons. The smallest absolute Gasteiger partial charge is 0.239 e. The minimum Gasteiger partial charge on any atom is -0.354 e. The van der Waals surface area contributed by atoms with Crippen LogP contribution in [0.15, 0.2) is 0 Å². The number of nitrogens with one attached hydrogen (secondary N) is 1. The first-order valence-electron chi connectivity index (χ1n) is 5.17. The van der Waals surface area contributed by atoms with Crippen molar-refractivity contribution in [2.75, 3.05) is 12.3 Å². The van der Waals surface area contributed by atoms with Gasteiger partial charge in [-0.2, -0.15) is 0 Å². The first kappa shape index (κ1) is 15.4. The first-order chi connectivity index (χ1) is 6.88. The molecule has 0 saturated carbocycles. The maximum absolute atomic E-state index is 11.7. The van der Waals surface area contributed by atoms with Crippen molar-refractivity contribution in [3.63, 3.8) is 0 Å². The van der Waals surface area contributed by atoms with E-state index in [1.807, 2.05) is 0 Å². The fraction of sp³-hybridized carbons (Fsp3) is 0.900. The SMILES string of the molecule is CC(C)(N)C(=O)NCCS(=O)(=O)C(C)(C)C. The zero-order valence-corrected chi connectivity index (χ0v) is 11.4. The molecule has 0 aromatic rings. The summed E-state index contributed by atoms with van der Waals surface area (Å²) in [5, 5.41) is 2.51. The van der Waals surface area contributed by atoms with E-state index in [2.05, 4.69) is 5.32 Å². The van der Waals surface area contributed by atoms with Crippen molar-refractivity contribution in [1.82, 2.24) is 5.32 Å². The zero-order chi connectivity index (χ0) is 13.2. The summed E-state index contributed by atoms with van der Waals surface area (Å²) >= 11 is 0. The summed E-state index contributed by atoms with van der Waals surface area (Å²) in [6.07, 6.45) is 0. The molecule has 16 heavy (non-hydrogen) atoms. The summed E-state index contributed by atoms with van der Waals surface area (Å²) in [5.74, 6) is -0.421. The second kappa shape index (κ2) is 4.71. The van der Waals surface area contributed by atoms with Crippen molar-refractivity contribution >= 4 is 15.7 Å². The maximum Gasteiger partial charge on any atom is 0.239 e. The standard InChI is InChI=1S/C10H22N2O3S/c1-9(2,3)16(14,15)7-6-12-8(13)10(4,5)11/h6-7,11H2,1-5H3,(H,12,13). The van der Waals surface area contributed by atoms with Gasteiger partial charge < -0.3 is 11.1 Å². The third-order valence-electron chi connectivity index (χ3n) is 2.17. The minimum atomic E-state index is -3.19. The average Bonchev–Trinajstić information content (AvgIpc) is 1.99. The van der Waals surface area contributed by atoms with Gasteiger partial charge in [-0.05, 0) is 34.6 Å². The maximum atomic E-state index is 11.7. The fourth-order valence-corrected chi connectivity index (χ4v) is 1.82. The van der Waals surface area contributed by atoms with E-state index >= 15 is 0 Å². The molecular formula is C10H22N2O3S. The Labute approximate surface area is 97.7 Å². The van der Waals surface area contributed by atoms with E-state index in [4.69, 9.17) is 5.73 Å². The lowest BCUT2D eigenvalue weighted by Crippen LogP contribution is -2.50. The van der Waals surface area contributed by atoms with Crippen LogP contribution in [0.3, 0.4) is 0 Å². The summed E-state index contributed by atoms with van der Waals surface area (Å²) in [7, 11) is -3.19. The topological polar surface area (TPSA) is 89.3 Å². The summed E-state index contributed by atoms with van der Waals surface area (Å²) in [5.41, 5.74) is 4.57. The molecule has 0 aromatic carbocycles. The van der Waals surface area contributed by atoms with Crippen LogP contribution >= 0.6 is 0 Å². The highest BCUT2D eigenvalue weighted by Gasteiger charge is 2.29. The van der Waals surface area contributed by atoms with Crippen molar-refractivity contribution in [3.8, 4) is 0 Å². The van der Waals surface area contributed by atoms with Gasteiger partial charge in [-0.15, -0.1) is 0 Å². The Morgan fingerprint density at radius 2 is 1.62 bits per heavy atom. The highest BCUT2D eigenvalue weighted by atomic mass is 32.2. The molecule has 0 bridgehead atoms. The molecule has 0 atom stereocenters. The van der Waals surface area contributed by atoms with Gasteiger partial charge >= 0.3 is 0 Å². The Morgan fingerprint density at radius 1 is 1.19 bits per heavy atom. The molecule has 0 aliphatic heterocycles. The molecule has 0 heterocycles. The molecule has 0 spiro atoms. The summed E-state index contributed by atoms with van der Waals surface area (Å²) < 4.78 is 22.6. The molecule has 1 amide bonds. The van der Waals surface area contributed by atoms with Crippen molar-refractivity contribution in [3.05, 3.63) is 0 Å². The molecule has 0 rings (SSSR count). The van der Waals surface area contributed by atoms with E-state index in [-0.39, 0.29) is 18.2 Å². The Balaban J connectivity index is 4.27. The number of nitrogens with two attached hydrogens (primary N) is 1. The molecule has 0 fully saturated rings. The summed E-state index contributed by atoms with van der Waals surface area (Å²) in [6.45, 7) is 8.14. The fourth-order valence-electron chi connectivity index (χ4n) is 0.833. The lowest BCUT2D eigenvalue weighted by Gasteiger charge is -2.21. The van der Waals surface area contributed by atoms with Crippen molar-refractivity contribution in [2.24, 2.45) is 5.73 Å². The molecular weight excluding hydrogens is 228 g/mol. The number of amides is 1. The predicted octanol–water partition coefficient (Wildman–Crippen LogP) is 0.0532. The highest BCUT2D eigenvalue weighted by Crippen LogP contribution is 2.15. The highest BCUT2D eigenvalue weighted by molar-refractivity contribution is 7.92. The lowest BCUT2D eigenvalue weighted by atomic mass is 10.1. The van der Waals surface area contributed by atoms with Crippen LogP contribution in [0, 0.1) is 0 Å².